The predicted octanol–water partition coefficient (Wildman–Crippen LogP) is 2.58. The van der Waals surface area contributed by atoms with E-state index in [-0.39, 0.29) is 0 Å². The van der Waals surface area contributed by atoms with Crippen LogP contribution in [-0.4, -0.2) is 22.8 Å². The average molecular weight is 340 g/mol. The van der Waals surface area contributed by atoms with Gasteiger partial charge in [0.05, 0.1) is 24.0 Å². The van der Waals surface area contributed by atoms with Crippen LogP contribution < -0.4 is 15.2 Å². The standard InChI is InChI=1S/C14H18BrN3O2/c1-2-19-13-8-11(9-16)7-12(15)14(13)20-6-5-18-4-3-17-10-18/h3-4,7-8,10H,2,5-6,9,16H2,1H3. The lowest BCUT2D eigenvalue weighted by atomic mass is 10.2. The molecule has 1 heterocycles. The van der Waals surface area contributed by atoms with Crippen molar-refractivity contribution in [1.82, 2.24) is 9.55 Å². The van der Waals surface area contributed by atoms with Crippen molar-refractivity contribution in [3.63, 3.8) is 0 Å². The zero-order valence-corrected chi connectivity index (χ0v) is 13.0. The highest BCUT2D eigenvalue weighted by molar-refractivity contribution is 9.10. The van der Waals surface area contributed by atoms with Crippen LogP contribution in [0.3, 0.4) is 0 Å². The average Bonchev–Trinajstić information content (AvgIpc) is 2.95. The number of imidazole rings is 1. The van der Waals surface area contributed by atoms with Crippen LogP contribution in [0.5, 0.6) is 11.5 Å². The van der Waals surface area contributed by atoms with E-state index in [1.807, 2.05) is 29.8 Å². The molecule has 0 aliphatic carbocycles. The number of hydrogen-bond acceptors (Lipinski definition) is 4. The summed E-state index contributed by atoms with van der Waals surface area (Å²) in [5, 5.41) is 0. The first-order valence-corrected chi connectivity index (χ1v) is 7.27. The van der Waals surface area contributed by atoms with Crippen LogP contribution in [0.1, 0.15) is 12.5 Å². The minimum Gasteiger partial charge on any atom is -0.490 e. The summed E-state index contributed by atoms with van der Waals surface area (Å²) in [7, 11) is 0. The molecule has 0 bridgehead atoms. The molecule has 6 heteroatoms. The van der Waals surface area contributed by atoms with Crippen molar-refractivity contribution < 1.29 is 9.47 Å². The first-order valence-electron chi connectivity index (χ1n) is 6.48. The van der Waals surface area contributed by atoms with E-state index in [1.165, 1.54) is 0 Å². The third kappa shape index (κ3) is 3.74. The largest absolute Gasteiger partial charge is 0.490 e. The van der Waals surface area contributed by atoms with E-state index < -0.39 is 0 Å². The van der Waals surface area contributed by atoms with Crippen LogP contribution in [0.2, 0.25) is 0 Å². The van der Waals surface area contributed by atoms with Crippen molar-refractivity contribution in [2.24, 2.45) is 5.73 Å². The van der Waals surface area contributed by atoms with E-state index in [1.54, 1.807) is 12.5 Å². The van der Waals surface area contributed by atoms with E-state index >= 15 is 0 Å². The summed E-state index contributed by atoms with van der Waals surface area (Å²) in [4.78, 5) is 3.99. The van der Waals surface area contributed by atoms with E-state index in [9.17, 15) is 0 Å². The van der Waals surface area contributed by atoms with E-state index in [2.05, 4.69) is 20.9 Å². The van der Waals surface area contributed by atoms with Gasteiger partial charge >= 0.3 is 0 Å². The molecule has 5 nitrogen and oxygen atoms in total. The fraction of sp³-hybridized carbons (Fsp3) is 0.357. The Kier molecular flexibility index (Phi) is 5.43. The van der Waals surface area contributed by atoms with Gasteiger partial charge in [0.2, 0.25) is 0 Å². The maximum absolute atomic E-state index is 5.83. The summed E-state index contributed by atoms with van der Waals surface area (Å²) >= 11 is 3.51. The molecule has 2 aromatic rings. The minimum absolute atomic E-state index is 0.466. The third-order valence-electron chi connectivity index (χ3n) is 2.76. The predicted molar refractivity (Wildman–Crippen MR) is 80.9 cm³/mol. The fourth-order valence-electron chi connectivity index (χ4n) is 1.81. The van der Waals surface area contributed by atoms with Gasteiger partial charge in [-0.15, -0.1) is 0 Å². The molecule has 0 atom stereocenters. The SMILES string of the molecule is CCOc1cc(CN)cc(Br)c1OCCn1ccnc1. The van der Waals surface area contributed by atoms with Crippen LogP contribution in [0.15, 0.2) is 35.3 Å². The van der Waals surface area contributed by atoms with Crippen molar-refractivity contribution in [3.8, 4) is 11.5 Å². The van der Waals surface area contributed by atoms with E-state index in [0.29, 0.717) is 31.3 Å². The Morgan fingerprint density at radius 3 is 2.85 bits per heavy atom. The third-order valence-corrected chi connectivity index (χ3v) is 3.35. The lowest BCUT2D eigenvalue weighted by molar-refractivity contribution is 0.264. The molecule has 1 aromatic heterocycles. The quantitative estimate of drug-likeness (QED) is 0.842. The second-order valence-electron chi connectivity index (χ2n) is 4.19. The van der Waals surface area contributed by atoms with Crippen LogP contribution in [0.25, 0.3) is 0 Å². The molecule has 2 rings (SSSR count). The molecule has 0 radical (unpaired) electrons. The van der Waals surface area contributed by atoms with Gasteiger partial charge < -0.3 is 19.8 Å². The molecule has 0 spiro atoms. The number of ether oxygens (including phenoxy) is 2. The molecule has 2 N–H and O–H groups in total. The molecule has 0 amide bonds. The van der Waals surface area contributed by atoms with Crippen molar-refractivity contribution in [2.45, 2.75) is 20.0 Å². The minimum atomic E-state index is 0.466. The van der Waals surface area contributed by atoms with Crippen LogP contribution in [0.4, 0.5) is 0 Å². The molecule has 108 valence electrons. The van der Waals surface area contributed by atoms with Gasteiger partial charge in [0.15, 0.2) is 11.5 Å². The Labute approximate surface area is 126 Å². The number of nitrogens with two attached hydrogens (primary N) is 1. The van der Waals surface area contributed by atoms with Crippen LogP contribution in [0, 0.1) is 0 Å². The molecule has 0 fully saturated rings. The van der Waals surface area contributed by atoms with Gasteiger partial charge in [-0.2, -0.15) is 0 Å². The number of nitrogens with zero attached hydrogens (tertiary/aromatic N) is 2. The zero-order valence-electron chi connectivity index (χ0n) is 11.4. The highest BCUT2D eigenvalue weighted by atomic mass is 79.9. The lowest BCUT2D eigenvalue weighted by Gasteiger charge is -2.15. The number of halogens is 1. The van der Waals surface area contributed by atoms with Gasteiger partial charge in [-0.05, 0) is 40.5 Å². The van der Waals surface area contributed by atoms with Gasteiger partial charge in [0, 0.05) is 18.9 Å². The number of aromatic nitrogens is 2. The Balaban J connectivity index is 2.08. The highest BCUT2D eigenvalue weighted by Gasteiger charge is 2.11. The summed E-state index contributed by atoms with van der Waals surface area (Å²) in [5.74, 6) is 1.43. The monoisotopic (exact) mass is 339 g/mol. The van der Waals surface area contributed by atoms with Gasteiger partial charge in [-0.25, -0.2) is 4.98 Å². The maximum Gasteiger partial charge on any atom is 0.175 e. The summed E-state index contributed by atoms with van der Waals surface area (Å²) < 4.78 is 14.3. The topological polar surface area (TPSA) is 62.3 Å². The smallest absolute Gasteiger partial charge is 0.175 e. The fourth-order valence-corrected chi connectivity index (χ4v) is 2.42. The Morgan fingerprint density at radius 2 is 2.20 bits per heavy atom. The van der Waals surface area contributed by atoms with Crippen molar-refractivity contribution in [3.05, 3.63) is 40.9 Å². The summed E-state index contributed by atoms with van der Waals surface area (Å²) in [6.45, 7) is 4.26. The molecule has 0 saturated carbocycles. The first-order chi connectivity index (χ1) is 9.74. The Morgan fingerprint density at radius 1 is 1.35 bits per heavy atom. The van der Waals surface area contributed by atoms with E-state index in [4.69, 9.17) is 15.2 Å². The lowest BCUT2D eigenvalue weighted by Crippen LogP contribution is -2.08. The molecular weight excluding hydrogens is 322 g/mol. The Hall–Kier alpha value is -1.53. The second-order valence-corrected chi connectivity index (χ2v) is 5.05. The second kappa shape index (κ2) is 7.31. The summed E-state index contributed by atoms with van der Waals surface area (Å²) in [6.07, 6.45) is 5.41. The van der Waals surface area contributed by atoms with Gasteiger partial charge in [-0.1, -0.05) is 0 Å². The molecule has 0 saturated heterocycles. The molecule has 20 heavy (non-hydrogen) atoms. The van der Waals surface area contributed by atoms with Gasteiger partial charge in [0.1, 0.15) is 6.61 Å². The van der Waals surface area contributed by atoms with Crippen molar-refractivity contribution in [2.75, 3.05) is 13.2 Å². The Bertz CT molecular complexity index is 544. The summed E-state index contributed by atoms with van der Waals surface area (Å²) in [5.41, 5.74) is 6.67. The zero-order chi connectivity index (χ0) is 14.4. The number of rotatable bonds is 7. The summed E-state index contributed by atoms with van der Waals surface area (Å²) in [6, 6.07) is 3.87. The van der Waals surface area contributed by atoms with E-state index in [0.717, 1.165) is 16.6 Å². The molecule has 0 aliphatic heterocycles. The van der Waals surface area contributed by atoms with Crippen molar-refractivity contribution in [1.29, 1.82) is 0 Å². The van der Waals surface area contributed by atoms with Gasteiger partial charge in [-0.3, -0.25) is 0 Å². The molecular formula is C14H18BrN3O2. The van der Waals surface area contributed by atoms with Crippen LogP contribution in [-0.2, 0) is 13.1 Å². The van der Waals surface area contributed by atoms with Crippen LogP contribution >= 0.6 is 15.9 Å². The maximum atomic E-state index is 5.83. The first kappa shape index (κ1) is 14.9. The molecule has 0 unspecified atom stereocenters. The van der Waals surface area contributed by atoms with Gasteiger partial charge in [0.25, 0.3) is 0 Å². The number of benzene rings is 1. The molecule has 1 aromatic carbocycles. The number of hydrogen-bond donors (Lipinski definition) is 1. The highest BCUT2D eigenvalue weighted by Crippen LogP contribution is 2.36. The van der Waals surface area contributed by atoms with Crippen molar-refractivity contribution >= 4 is 15.9 Å². The normalized spacial score (nSPS) is 10.6. The molecule has 0 aliphatic rings.